The molecule has 1 aromatic heterocycles. The van der Waals surface area contributed by atoms with Gasteiger partial charge in [-0.1, -0.05) is 20.8 Å². The third kappa shape index (κ3) is 3.26. The van der Waals surface area contributed by atoms with Crippen LogP contribution in [-0.2, 0) is 4.79 Å². The number of halogens is 1. The van der Waals surface area contributed by atoms with E-state index in [1.54, 1.807) is 20.8 Å². The zero-order valence-corrected chi connectivity index (χ0v) is 10.4. The zero-order valence-electron chi connectivity index (χ0n) is 10.4. The van der Waals surface area contributed by atoms with Crippen molar-refractivity contribution in [1.29, 1.82) is 0 Å². The van der Waals surface area contributed by atoms with Gasteiger partial charge in [0.05, 0.1) is 11.8 Å². The number of nitrogens with zero attached hydrogens (tertiary/aromatic N) is 1. The SMILES string of the molecule is CC(C)(C)[C@H](NC(=O)c1ccncc1F)C(=O)O. The van der Waals surface area contributed by atoms with E-state index in [2.05, 4.69) is 10.3 Å². The molecule has 98 valence electrons. The van der Waals surface area contributed by atoms with Crippen molar-refractivity contribution < 1.29 is 19.1 Å². The summed E-state index contributed by atoms with van der Waals surface area (Å²) in [6.07, 6.45) is 2.17. The Bertz CT molecular complexity index is 469. The Kier molecular flexibility index (Phi) is 4.00. The Balaban J connectivity index is 2.93. The van der Waals surface area contributed by atoms with E-state index in [0.29, 0.717) is 0 Å². The van der Waals surface area contributed by atoms with Gasteiger partial charge in [0.2, 0.25) is 0 Å². The minimum absolute atomic E-state index is 0.222. The molecule has 0 aliphatic heterocycles. The Morgan fingerprint density at radius 3 is 2.50 bits per heavy atom. The van der Waals surface area contributed by atoms with Gasteiger partial charge in [-0.15, -0.1) is 0 Å². The lowest BCUT2D eigenvalue weighted by atomic mass is 9.86. The molecule has 1 aromatic rings. The van der Waals surface area contributed by atoms with Crippen molar-refractivity contribution in [3.05, 3.63) is 29.8 Å². The van der Waals surface area contributed by atoms with Crippen LogP contribution in [0.1, 0.15) is 31.1 Å². The van der Waals surface area contributed by atoms with Gasteiger partial charge in [-0.25, -0.2) is 9.18 Å². The highest BCUT2D eigenvalue weighted by atomic mass is 19.1. The maximum Gasteiger partial charge on any atom is 0.326 e. The zero-order chi connectivity index (χ0) is 13.9. The number of carbonyl (C=O) groups is 2. The van der Waals surface area contributed by atoms with Crippen LogP contribution >= 0.6 is 0 Å². The Hall–Kier alpha value is -1.98. The second kappa shape index (κ2) is 5.12. The van der Waals surface area contributed by atoms with Crippen LogP contribution < -0.4 is 5.32 Å². The average molecular weight is 254 g/mol. The Morgan fingerprint density at radius 2 is 2.06 bits per heavy atom. The summed E-state index contributed by atoms with van der Waals surface area (Å²) >= 11 is 0. The highest BCUT2D eigenvalue weighted by Crippen LogP contribution is 2.20. The lowest BCUT2D eigenvalue weighted by Crippen LogP contribution is -2.49. The van der Waals surface area contributed by atoms with Gasteiger partial charge >= 0.3 is 5.97 Å². The molecule has 1 atom stereocenters. The molecular formula is C12H15FN2O3. The van der Waals surface area contributed by atoms with E-state index in [-0.39, 0.29) is 5.56 Å². The van der Waals surface area contributed by atoms with Gasteiger partial charge in [-0.05, 0) is 11.5 Å². The Labute approximate surface area is 104 Å². The molecule has 1 heterocycles. The van der Waals surface area contributed by atoms with Crippen LogP contribution in [-0.4, -0.2) is 28.0 Å². The number of hydrogen-bond donors (Lipinski definition) is 2. The molecule has 18 heavy (non-hydrogen) atoms. The molecule has 0 radical (unpaired) electrons. The van der Waals surface area contributed by atoms with E-state index in [9.17, 15) is 14.0 Å². The molecule has 6 heteroatoms. The van der Waals surface area contributed by atoms with Gasteiger partial charge in [-0.3, -0.25) is 9.78 Å². The maximum absolute atomic E-state index is 13.3. The Morgan fingerprint density at radius 1 is 1.44 bits per heavy atom. The molecular weight excluding hydrogens is 239 g/mol. The third-order valence-electron chi connectivity index (χ3n) is 2.41. The largest absolute Gasteiger partial charge is 0.480 e. The molecule has 1 rings (SSSR count). The minimum Gasteiger partial charge on any atom is -0.480 e. The van der Waals surface area contributed by atoms with E-state index in [1.165, 1.54) is 12.3 Å². The summed E-state index contributed by atoms with van der Waals surface area (Å²) in [7, 11) is 0. The van der Waals surface area contributed by atoms with Crippen molar-refractivity contribution in [3.8, 4) is 0 Å². The fourth-order valence-corrected chi connectivity index (χ4v) is 1.42. The first-order valence-electron chi connectivity index (χ1n) is 5.36. The summed E-state index contributed by atoms with van der Waals surface area (Å²) in [5.74, 6) is -2.71. The number of carboxylic acid groups (broad SMARTS) is 1. The number of rotatable bonds is 3. The molecule has 1 amide bonds. The normalized spacial score (nSPS) is 12.9. The van der Waals surface area contributed by atoms with Crippen molar-refractivity contribution in [1.82, 2.24) is 10.3 Å². The molecule has 0 unspecified atom stereocenters. The molecule has 0 saturated heterocycles. The lowest BCUT2D eigenvalue weighted by molar-refractivity contribution is -0.142. The summed E-state index contributed by atoms with van der Waals surface area (Å²) in [6, 6.07) is 0.101. The van der Waals surface area contributed by atoms with Gasteiger partial charge in [0.15, 0.2) is 5.82 Å². The van der Waals surface area contributed by atoms with E-state index in [4.69, 9.17) is 5.11 Å². The summed E-state index contributed by atoms with van der Waals surface area (Å²) in [4.78, 5) is 26.4. The van der Waals surface area contributed by atoms with Gasteiger partial charge in [0.1, 0.15) is 6.04 Å². The summed E-state index contributed by atoms with van der Waals surface area (Å²) in [5.41, 5.74) is -0.897. The molecule has 0 bridgehead atoms. The second-order valence-electron chi connectivity index (χ2n) is 4.97. The first kappa shape index (κ1) is 14.1. The summed E-state index contributed by atoms with van der Waals surface area (Å²) in [5, 5.41) is 11.4. The number of aliphatic carboxylic acids is 1. The van der Waals surface area contributed by atoms with Crippen molar-refractivity contribution >= 4 is 11.9 Å². The molecule has 0 saturated carbocycles. The van der Waals surface area contributed by atoms with Crippen LogP contribution in [0.3, 0.4) is 0 Å². The van der Waals surface area contributed by atoms with Gasteiger partial charge in [0, 0.05) is 6.20 Å². The quantitative estimate of drug-likeness (QED) is 0.855. The maximum atomic E-state index is 13.3. The van der Waals surface area contributed by atoms with Crippen LogP contribution in [0.4, 0.5) is 4.39 Å². The predicted molar refractivity (Wildman–Crippen MR) is 62.5 cm³/mol. The van der Waals surface area contributed by atoms with E-state index >= 15 is 0 Å². The molecule has 5 nitrogen and oxygen atoms in total. The van der Waals surface area contributed by atoms with Crippen LogP contribution in [0.5, 0.6) is 0 Å². The third-order valence-corrected chi connectivity index (χ3v) is 2.41. The molecule has 0 spiro atoms. The second-order valence-corrected chi connectivity index (χ2v) is 4.97. The number of nitrogens with one attached hydrogen (secondary N) is 1. The van der Waals surface area contributed by atoms with Crippen LogP contribution in [0.25, 0.3) is 0 Å². The first-order valence-corrected chi connectivity index (χ1v) is 5.36. The van der Waals surface area contributed by atoms with Crippen molar-refractivity contribution in [3.63, 3.8) is 0 Å². The van der Waals surface area contributed by atoms with Crippen LogP contribution in [0.15, 0.2) is 18.5 Å². The lowest BCUT2D eigenvalue weighted by Gasteiger charge is -2.27. The predicted octanol–water partition coefficient (Wildman–Crippen LogP) is 1.45. The highest BCUT2D eigenvalue weighted by molar-refractivity contribution is 5.96. The smallest absolute Gasteiger partial charge is 0.326 e. The van der Waals surface area contributed by atoms with E-state index in [0.717, 1.165) is 6.20 Å². The number of pyridine rings is 1. The van der Waals surface area contributed by atoms with Crippen LogP contribution in [0, 0.1) is 11.2 Å². The van der Waals surface area contributed by atoms with Gasteiger partial charge < -0.3 is 10.4 Å². The molecule has 2 N–H and O–H groups in total. The molecule has 0 aliphatic carbocycles. The summed E-state index contributed by atoms with van der Waals surface area (Å²) in [6.45, 7) is 5.03. The van der Waals surface area contributed by atoms with Crippen LogP contribution in [0.2, 0.25) is 0 Å². The van der Waals surface area contributed by atoms with Gasteiger partial charge in [0.25, 0.3) is 5.91 Å². The molecule has 0 aromatic carbocycles. The fraction of sp³-hybridized carbons (Fsp3) is 0.417. The summed E-state index contributed by atoms with van der Waals surface area (Å²) < 4.78 is 13.3. The number of amides is 1. The topological polar surface area (TPSA) is 79.3 Å². The van der Waals surface area contributed by atoms with Crippen molar-refractivity contribution in [2.45, 2.75) is 26.8 Å². The molecule has 0 fully saturated rings. The van der Waals surface area contributed by atoms with E-state index in [1.807, 2.05) is 0 Å². The number of hydrogen-bond acceptors (Lipinski definition) is 3. The number of aromatic nitrogens is 1. The van der Waals surface area contributed by atoms with E-state index < -0.39 is 29.2 Å². The minimum atomic E-state index is -1.16. The highest BCUT2D eigenvalue weighted by Gasteiger charge is 2.33. The number of carboxylic acids is 1. The van der Waals surface area contributed by atoms with Crippen molar-refractivity contribution in [2.24, 2.45) is 5.41 Å². The average Bonchev–Trinajstić information content (AvgIpc) is 2.24. The van der Waals surface area contributed by atoms with Gasteiger partial charge in [-0.2, -0.15) is 0 Å². The first-order chi connectivity index (χ1) is 8.23. The monoisotopic (exact) mass is 254 g/mol. The fourth-order valence-electron chi connectivity index (χ4n) is 1.42. The van der Waals surface area contributed by atoms with Crippen molar-refractivity contribution in [2.75, 3.05) is 0 Å². The standard InChI is InChI=1S/C12H15FN2O3/c1-12(2,3)9(11(17)18)15-10(16)7-4-5-14-6-8(7)13/h4-6,9H,1-3H3,(H,15,16)(H,17,18)/t9-/m1/s1. The molecule has 0 aliphatic rings. The number of carbonyl (C=O) groups excluding carboxylic acids is 1.